The van der Waals surface area contributed by atoms with Crippen molar-refractivity contribution in [1.29, 1.82) is 0 Å². The van der Waals surface area contributed by atoms with Gasteiger partial charge in [0.15, 0.2) is 0 Å². The van der Waals surface area contributed by atoms with Gasteiger partial charge in [-0.15, -0.1) is 0 Å². The van der Waals surface area contributed by atoms with E-state index in [9.17, 15) is 22.8 Å². The maximum Gasteiger partial charge on any atom is 0.471 e. The first kappa shape index (κ1) is 11.4. The van der Waals surface area contributed by atoms with Crippen molar-refractivity contribution in [2.75, 3.05) is 11.4 Å². The van der Waals surface area contributed by atoms with Crippen LogP contribution in [0.3, 0.4) is 0 Å². The average molecular weight is 249 g/mol. The van der Waals surface area contributed by atoms with Crippen molar-refractivity contribution >= 4 is 17.7 Å². The molecule has 0 unspecified atom stereocenters. The molecule has 6 nitrogen and oxygen atoms in total. The quantitative estimate of drug-likeness (QED) is 0.785. The molecule has 0 saturated carbocycles. The second-order valence-corrected chi connectivity index (χ2v) is 3.36. The summed E-state index contributed by atoms with van der Waals surface area (Å²) in [5.41, 5.74) is -0.417. The molecule has 0 fully saturated rings. The summed E-state index contributed by atoms with van der Waals surface area (Å²) in [4.78, 5) is 22.2. The third-order valence-corrected chi connectivity index (χ3v) is 2.32. The van der Waals surface area contributed by atoms with Crippen LogP contribution in [0.2, 0.25) is 0 Å². The Morgan fingerprint density at radius 1 is 1.35 bits per heavy atom. The number of fused-ring (bicyclic) bond motifs is 1. The molecule has 2 rings (SSSR count). The van der Waals surface area contributed by atoms with Crippen LogP contribution in [-0.4, -0.2) is 39.5 Å². The lowest BCUT2D eigenvalue weighted by Gasteiger charge is -2.17. The van der Waals surface area contributed by atoms with Gasteiger partial charge in [0.2, 0.25) is 0 Å². The Bertz CT molecular complexity index is 494. The number of carbonyl (C=O) groups is 2. The monoisotopic (exact) mass is 249 g/mol. The number of aromatic carboxylic acids is 1. The number of carbonyl (C=O) groups excluding carboxylic acids is 1. The zero-order chi connectivity index (χ0) is 12.8. The van der Waals surface area contributed by atoms with Crippen molar-refractivity contribution in [3.8, 4) is 0 Å². The average Bonchev–Trinajstić information content (AvgIpc) is 2.73. The first-order chi connectivity index (χ1) is 7.82. The molecule has 9 heteroatoms. The fourth-order valence-electron chi connectivity index (χ4n) is 1.63. The maximum absolute atomic E-state index is 12.3. The highest BCUT2D eigenvalue weighted by molar-refractivity contribution is 6.03. The highest BCUT2D eigenvalue weighted by Crippen LogP contribution is 2.30. The molecule has 1 aliphatic rings. The molecular weight excluding hydrogens is 243 g/mol. The molecule has 1 aromatic rings. The molecule has 1 aromatic heterocycles. The van der Waals surface area contributed by atoms with E-state index >= 15 is 0 Å². The molecule has 0 aromatic carbocycles. The lowest BCUT2D eigenvalue weighted by Crippen LogP contribution is -2.40. The fourth-order valence-corrected chi connectivity index (χ4v) is 1.63. The van der Waals surface area contributed by atoms with E-state index < -0.39 is 23.6 Å². The summed E-state index contributed by atoms with van der Waals surface area (Å²) in [6.07, 6.45) is -4.11. The van der Waals surface area contributed by atoms with E-state index in [-0.39, 0.29) is 18.9 Å². The topological polar surface area (TPSA) is 75.4 Å². The number of carboxylic acids is 1. The smallest absolute Gasteiger partial charge is 0.471 e. The standard InChI is InChI=1S/C8H6F3N3O3/c9-8(10,11)7(17)13-1-2-14-5(13)4(3-12-14)6(15)16/h3H,1-2H2,(H,15,16). The summed E-state index contributed by atoms with van der Waals surface area (Å²) < 4.78 is 37.9. The Morgan fingerprint density at radius 2 is 2.00 bits per heavy atom. The van der Waals surface area contributed by atoms with Crippen molar-refractivity contribution in [1.82, 2.24) is 9.78 Å². The molecule has 0 spiro atoms. The van der Waals surface area contributed by atoms with E-state index in [2.05, 4.69) is 5.10 Å². The zero-order valence-corrected chi connectivity index (χ0v) is 8.23. The van der Waals surface area contributed by atoms with E-state index in [4.69, 9.17) is 5.11 Å². The maximum atomic E-state index is 12.3. The molecule has 0 radical (unpaired) electrons. The van der Waals surface area contributed by atoms with Crippen LogP contribution in [0, 0.1) is 0 Å². The first-order valence-electron chi connectivity index (χ1n) is 4.50. The zero-order valence-electron chi connectivity index (χ0n) is 8.23. The molecule has 1 aliphatic heterocycles. The fraction of sp³-hybridized carbons (Fsp3) is 0.375. The lowest BCUT2D eigenvalue weighted by molar-refractivity contribution is -0.170. The number of nitrogens with zero attached hydrogens (tertiary/aromatic N) is 3. The van der Waals surface area contributed by atoms with Crippen molar-refractivity contribution in [3.63, 3.8) is 0 Å². The van der Waals surface area contributed by atoms with E-state index in [1.807, 2.05) is 0 Å². The van der Waals surface area contributed by atoms with Crippen LogP contribution in [-0.2, 0) is 11.3 Å². The number of alkyl halides is 3. The third kappa shape index (κ3) is 1.73. The second kappa shape index (κ2) is 3.47. The molecule has 0 bridgehead atoms. The number of hydrogen-bond acceptors (Lipinski definition) is 3. The highest BCUT2D eigenvalue weighted by Gasteiger charge is 2.46. The molecule has 0 aliphatic carbocycles. The normalized spacial score (nSPS) is 14.9. The Kier molecular flexibility index (Phi) is 2.33. The molecule has 1 amide bonds. The van der Waals surface area contributed by atoms with Crippen molar-refractivity contribution in [3.05, 3.63) is 11.8 Å². The van der Waals surface area contributed by atoms with Crippen LogP contribution in [0.1, 0.15) is 10.4 Å². The largest absolute Gasteiger partial charge is 0.477 e. The predicted octanol–water partition coefficient (Wildman–Crippen LogP) is 0.490. The van der Waals surface area contributed by atoms with Crippen LogP contribution < -0.4 is 4.90 Å². The van der Waals surface area contributed by atoms with Crippen molar-refractivity contribution < 1.29 is 27.9 Å². The van der Waals surface area contributed by atoms with Gasteiger partial charge >= 0.3 is 18.1 Å². The van der Waals surface area contributed by atoms with Crippen LogP contribution >= 0.6 is 0 Å². The Morgan fingerprint density at radius 3 is 2.53 bits per heavy atom. The number of amides is 1. The number of rotatable bonds is 1. The Hall–Kier alpha value is -2.06. The molecule has 0 atom stereocenters. The van der Waals surface area contributed by atoms with Crippen LogP contribution in [0.4, 0.5) is 19.0 Å². The van der Waals surface area contributed by atoms with E-state index in [0.717, 1.165) is 10.9 Å². The SMILES string of the molecule is O=C(O)c1cnn2c1N(C(=O)C(F)(F)F)CC2. The van der Waals surface area contributed by atoms with Gasteiger partial charge in [-0.05, 0) is 0 Å². The van der Waals surface area contributed by atoms with Gasteiger partial charge in [0, 0.05) is 6.54 Å². The number of hydrogen-bond donors (Lipinski definition) is 1. The van der Waals surface area contributed by atoms with E-state index in [1.54, 1.807) is 0 Å². The lowest BCUT2D eigenvalue weighted by atomic mass is 10.3. The van der Waals surface area contributed by atoms with Gasteiger partial charge < -0.3 is 5.11 Å². The van der Waals surface area contributed by atoms with E-state index in [1.165, 1.54) is 0 Å². The molecule has 92 valence electrons. The molecule has 2 heterocycles. The second-order valence-electron chi connectivity index (χ2n) is 3.36. The minimum absolute atomic E-state index is 0.0461. The van der Waals surface area contributed by atoms with Crippen molar-refractivity contribution in [2.24, 2.45) is 0 Å². The van der Waals surface area contributed by atoms with Gasteiger partial charge in [-0.3, -0.25) is 9.69 Å². The summed E-state index contributed by atoms with van der Waals surface area (Å²) in [6.45, 7) is -0.188. The summed E-state index contributed by atoms with van der Waals surface area (Å²) in [5.74, 6) is -3.83. The van der Waals surface area contributed by atoms with Crippen molar-refractivity contribution in [2.45, 2.75) is 12.7 Å². The third-order valence-electron chi connectivity index (χ3n) is 2.32. The molecule has 17 heavy (non-hydrogen) atoms. The number of carboxylic acid groups (broad SMARTS) is 1. The van der Waals surface area contributed by atoms with Gasteiger partial charge in [-0.1, -0.05) is 0 Å². The predicted molar refractivity (Wildman–Crippen MR) is 47.6 cm³/mol. The molecular formula is C8H6F3N3O3. The summed E-state index contributed by atoms with van der Waals surface area (Å²) in [7, 11) is 0. The first-order valence-corrected chi connectivity index (χ1v) is 4.50. The van der Waals surface area contributed by atoms with E-state index in [0.29, 0.717) is 4.90 Å². The number of aromatic nitrogens is 2. The number of halogens is 3. The summed E-state index contributed by atoms with van der Waals surface area (Å²) in [6, 6.07) is 0. The summed E-state index contributed by atoms with van der Waals surface area (Å²) >= 11 is 0. The van der Waals surface area contributed by atoms with Gasteiger partial charge in [0.05, 0.1) is 12.7 Å². The van der Waals surface area contributed by atoms with Crippen LogP contribution in [0.25, 0.3) is 0 Å². The van der Waals surface area contributed by atoms with Gasteiger partial charge in [0.1, 0.15) is 11.4 Å². The molecule has 1 N–H and O–H groups in total. The van der Waals surface area contributed by atoms with Gasteiger partial charge in [-0.2, -0.15) is 18.3 Å². The number of anilines is 1. The Balaban J connectivity index is 2.42. The minimum atomic E-state index is -5.03. The highest BCUT2D eigenvalue weighted by atomic mass is 19.4. The Labute approximate surface area is 92.2 Å². The van der Waals surface area contributed by atoms with Crippen LogP contribution in [0.15, 0.2) is 6.20 Å². The van der Waals surface area contributed by atoms with Crippen LogP contribution in [0.5, 0.6) is 0 Å². The minimum Gasteiger partial charge on any atom is -0.477 e. The van der Waals surface area contributed by atoms with Gasteiger partial charge in [-0.25, -0.2) is 9.48 Å². The van der Waals surface area contributed by atoms with Gasteiger partial charge in [0.25, 0.3) is 0 Å². The summed E-state index contributed by atoms with van der Waals surface area (Å²) in [5, 5.41) is 12.4. The molecule has 0 saturated heterocycles.